The number of methoxy groups -OCH3 is 1. The molecule has 0 saturated carbocycles. The first-order valence-corrected chi connectivity index (χ1v) is 9.07. The van der Waals surface area contributed by atoms with Crippen LogP contribution in [0.25, 0.3) is 0 Å². The Morgan fingerprint density at radius 3 is 2.62 bits per heavy atom. The van der Waals surface area contributed by atoms with Gasteiger partial charge in [-0.15, -0.1) is 11.3 Å². The highest BCUT2D eigenvalue weighted by Gasteiger charge is 2.21. The van der Waals surface area contributed by atoms with Gasteiger partial charge in [-0.25, -0.2) is 14.1 Å². The van der Waals surface area contributed by atoms with Crippen molar-refractivity contribution in [2.45, 2.75) is 4.90 Å². The van der Waals surface area contributed by atoms with Crippen molar-refractivity contribution in [3.8, 4) is 6.07 Å². The van der Waals surface area contributed by atoms with E-state index >= 15 is 0 Å². The van der Waals surface area contributed by atoms with Gasteiger partial charge in [-0.2, -0.15) is 5.26 Å². The fourth-order valence-corrected chi connectivity index (χ4v) is 4.07. The van der Waals surface area contributed by atoms with Crippen LogP contribution in [0.3, 0.4) is 0 Å². The quantitative estimate of drug-likeness (QED) is 0.613. The molecule has 0 aliphatic carbocycles. The molecule has 8 heteroatoms. The van der Waals surface area contributed by atoms with E-state index in [2.05, 4.69) is 20.3 Å². The zero-order chi connectivity index (χ0) is 16.9. The number of anilines is 1. The molecule has 1 aliphatic heterocycles. The first-order valence-electron chi connectivity index (χ1n) is 7.41. The number of esters is 1. The number of benzene rings is 1. The van der Waals surface area contributed by atoms with Gasteiger partial charge in [-0.3, -0.25) is 0 Å². The Balaban J connectivity index is 1.54. The molecule has 2 aromatic rings. The molecule has 1 aromatic carbocycles. The lowest BCUT2D eigenvalue weighted by Crippen LogP contribution is -2.43. The number of nitriles is 1. The fraction of sp³-hybridized carbons (Fsp3) is 0.312. The molecule has 0 radical (unpaired) electrons. The lowest BCUT2D eigenvalue weighted by molar-refractivity contribution is 0.0595. The number of carbonyl (C=O) groups excluding carboxylic acids is 1. The molecule has 124 valence electrons. The van der Waals surface area contributed by atoms with Crippen molar-refractivity contribution in [1.29, 1.82) is 5.26 Å². The Morgan fingerprint density at radius 2 is 2.00 bits per heavy atom. The van der Waals surface area contributed by atoms with Gasteiger partial charge in [-0.05, 0) is 36.2 Å². The van der Waals surface area contributed by atoms with Crippen molar-refractivity contribution in [2.75, 3.05) is 38.2 Å². The number of aromatic nitrogens is 1. The fourth-order valence-electron chi connectivity index (χ4n) is 2.32. The van der Waals surface area contributed by atoms with Gasteiger partial charge >= 0.3 is 5.97 Å². The SMILES string of the molecule is COC(=O)c1csc(N2CCN(Sc3ccc(C#N)cc3)CC2)n1. The average molecular weight is 360 g/mol. The second kappa shape index (κ2) is 7.66. The van der Waals surface area contributed by atoms with Gasteiger partial charge in [0.2, 0.25) is 0 Å². The Kier molecular flexibility index (Phi) is 5.35. The number of piperazine rings is 1. The van der Waals surface area contributed by atoms with Gasteiger partial charge in [0.15, 0.2) is 10.8 Å². The summed E-state index contributed by atoms with van der Waals surface area (Å²) in [6, 6.07) is 9.74. The number of hydrogen-bond acceptors (Lipinski definition) is 8. The van der Waals surface area contributed by atoms with E-state index in [4.69, 9.17) is 10.00 Å². The summed E-state index contributed by atoms with van der Waals surface area (Å²) in [6.07, 6.45) is 0. The van der Waals surface area contributed by atoms with Crippen LogP contribution >= 0.6 is 23.3 Å². The van der Waals surface area contributed by atoms with Crippen LogP contribution in [-0.4, -0.2) is 48.5 Å². The predicted molar refractivity (Wildman–Crippen MR) is 94.3 cm³/mol. The molecule has 0 unspecified atom stereocenters. The van der Waals surface area contributed by atoms with Crippen molar-refractivity contribution in [3.63, 3.8) is 0 Å². The van der Waals surface area contributed by atoms with Crippen molar-refractivity contribution in [2.24, 2.45) is 0 Å². The maximum absolute atomic E-state index is 11.5. The van der Waals surface area contributed by atoms with Crippen LogP contribution in [0, 0.1) is 11.3 Å². The van der Waals surface area contributed by atoms with E-state index in [0.29, 0.717) is 11.3 Å². The van der Waals surface area contributed by atoms with E-state index < -0.39 is 5.97 Å². The largest absolute Gasteiger partial charge is 0.464 e. The van der Waals surface area contributed by atoms with Gasteiger partial charge in [0.1, 0.15) is 0 Å². The third-order valence-electron chi connectivity index (χ3n) is 3.61. The van der Waals surface area contributed by atoms with Crippen LogP contribution in [0.2, 0.25) is 0 Å². The van der Waals surface area contributed by atoms with Crippen molar-refractivity contribution >= 4 is 34.4 Å². The van der Waals surface area contributed by atoms with E-state index in [0.717, 1.165) is 36.2 Å². The Hall–Kier alpha value is -2.08. The monoisotopic (exact) mass is 360 g/mol. The Morgan fingerprint density at radius 1 is 1.29 bits per heavy atom. The molecule has 3 rings (SSSR count). The molecular weight excluding hydrogens is 344 g/mol. The zero-order valence-electron chi connectivity index (χ0n) is 13.1. The van der Waals surface area contributed by atoms with Crippen LogP contribution < -0.4 is 4.90 Å². The summed E-state index contributed by atoms with van der Waals surface area (Å²) in [7, 11) is 1.36. The number of ether oxygens (including phenoxy) is 1. The molecule has 2 heterocycles. The maximum Gasteiger partial charge on any atom is 0.357 e. The van der Waals surface area contributed by atoms with Crippen molar-refractivity contribution in [1.82, 2.24) is 9.29 Å². The molecule has 0 N–H and O–H groups in total. The third kappa shape index (κ3) is 3.87. The van der Waals surface area contributed by atoms with Gasteiger partial charge in [0, 0.05) is 36.5 Å². The maximum atomic E-state index is 11.5. The summed E-state index contributed by atoms with van der Waals surface area (Å²) >= 11 is 3.17. The van der Waals surface area contributed by atoms with E-state index in [1.165, 1.54) is 18.4 Å². The number of nitrogens with zero attached hydrogens (tertiary/aromatic N) is 4. The minimum absolute atomic E-state index is 0.367. The summed E-state index contributed by atoms with van der Waals surface area (Å²) in [6.45, 7) is 3.52. The molecule has 1 aliphatic rings. The average Bonchev–Trinajstić information content (AvgIpc) is 3.12. The minimum Gasteiger partial charge on any atom is -0.464 e. The van der Waals surface area contributed by atoms with E-state index in [1.807, 2.05) is 24.3 Å². The van der Waals surface area contributed by atoms with E-state index in [-0.39, 0.29) is 0 Å². The van der Waals surface area contributed by atoms with E-state index in [9.17, 15) is 4.79 Å². The molecule has 6 nitrogen and oxygen atoms in total. The van der Waals surface area contributed by atoms with Crippen LogP contribution in [-0.2, 0) is 4.74 Å². The summed E-state index contributed by atoms with van der Waals surface area (Å²) < 4.78 is 6.99. The molecule has 1 aromatic heterocycles. The molecule has 24 heavy (non-hydrogen) atoms. The standard InChI is InChI=1S/C16H16N4O2S2/c1-22-15(21)14-11-23-16(18-14)19-6-8-20(9-7-19)24-13-4-2-12(10-17)3-5-13/h2-5,11H,6-9H2,1H3. The summed E-state index contributed by atoms with van der Waals surface area (Å²) in [5.74, 6) is -0.396. The Labute approximate surface area is 148 Å². The van der Waals surface area contributed by atoms with Gasteiger partial charge in [0.05, 0.1) is 18.7 Å². The highest BCUT2D eigenvalue weighted by atomic mass is 32.2. The second-order valence-corrected chi connectivity index (χ2v) is 7.16. The lowest BCUT2D eigenvalue weighted by Gasteiger charge is -2.33. The van der Waals surface area contributed by atoms with Crippen LogP contribution in [0.1, 0.15) is 16.1 Å². The zero-order valence-corrected chi connectivity index (χ0v) is 14.8. The number of hydrogen-bond donors (Lipinski definition) is 0. The van der Waals surface area contributed by atoms with Crippen molar-refractivity contribution < 1.29 is 9.53 Å². The number of rotatable bonds is 4. The first kappa shape index (κ1) is 16.8. The molecule has 1 saturated heterocycles. The topological polar surface area (TPSA) is 69.5 Å². The van der Waals surface area contributed by atoms with E-state index in [1.54, 1.807) is 17.3 Å². The van der Waals surface area contributed by atoms with Gasteiger partial charge in [0.25, 0.3) is 0 Å². The molecule has 0 bridgehead atoms. The predicted octanol–water partition coefficient (Wildman–Crippen LogP) is 2.63. The molecular formula is C16H16N4O2S2. The minimum atomic E-state index is -0.396. The highest BCUT2D eigenvalue weighted by Crippen LogP contribution is 2.27. The van der Waals surface area contributed by atoms with Crippen LogP contribution in [0.5, 0.6) is 0 Å². The second-order valence-electron chi connectivity index (χ2n) is 5.15. The number of carbonyl (C=O) groups is 1. The summed E-state index contributed by atoms with van der Waals surface area (Å²) in [4.78, 5) is 19.1. The van der Waals surface area contributed by atoms with Crippen molar-refractivity contribution in [3.05, 3.63) is 40.9 Å². The first-order chi connectivity index (χ1) is 11.7. The third-order valence-corrected chi connectivity index (χ3v) is 5.62. The number of thiazole rings is 1. The van der Waals surface area contributed by atoms with Crippen LogP contribution in [0.4, 0.5) is 5.13 Å². The normalized spacial score (nSPS) is 15.1. The molecule has 0 amide bonds. The summed E-state index contributed by atoms with van der Waals surface area (Å²) in [5, 5.41) is 11.4. The Bertz CT molecular complexity index is 746. The molecule has 0 spiro atoms. The lowest BCUT2D eigenvalue weighted by atomic mass is 10.2. The summed E-state index contributed by atoms with van der Waals surface area (Å²) in [5.41, 5.74) is 1.04. The molecule has 0 atom stereocenters. The molecule has 1 fully saturated rings. The smallest absolute Gasteiger partial charge is 0.357 e. The van der Waals surface area contributed by atoms with Crippen LogP contribution in [0.15, 0.2) is 34.5 Å². The van der Waals surface area contributed by atoms with Gasteiger partial charge in [-0.1, -0.05) is 0 Å². The van der Waals surface area contributed by atoms with Gasteiger partial charge < -0.3 is 9.64 Å². The highest BCUT2D eigenvalue weighted by molar-refractivity contribution is 7.97.